The zero-order valence-corrected chi connectivity index (χ0v) is 22.8. The monoisotopic (exact) mass is 544 g/mol. The SMILES string of the molecule is Cc1cn([C@H]2C[C@H]3OC[C@H](NC(=O)[C@H](NC(=O)OC(C)(C)C)[C@@H](C)OCc4ccccc4)[C@H]3O2)c(=O)[nH]c1=O. The Kier molecular flexibility index (Phi) is 8.57. The summed E-state index contributed by atoms with van der Waals surface area (Å²) in [7, 11) is 0. The molecule has 3 N–H and O–H groups in total. The molecule has 212 valence electrons. The number of carbonyl (C=O) groups excluding carboxylic acids is 2. The first kappa shape index (κ1) is 28.5. The Labute approximate surface area is 226 Å². The third-order valence-corrected chi connectivity index (χ3v) is 6.56. The summed E-state index contributed by atoms with van der Waals surface area (Å²) >= 11 is 0. The van der Waals surface area contributed by atoms with Crippen molar-refractivity contribution in [2.75, 3.05) is 6.61 Å². The number of nitrogens with zero attached hydrogens (tertiary/aromatic N) is 1. The molecule has 12 nitrogen and oxygen atoms in total. The zero-order chi connectivity index (χ0) is 28.3. The Bertz CT molecular complexity index is 1290. The van der Waals surface area contributed by atoms with Gasteiger partial charge >= 0.3 is 11.8 Å². The highest BCUT2D eigenvalue weighted by molar-refractivity contribution is 5.86. The first-order valence-corrected chi connectivity index (χ1v) is 13.0. The molecule has 0 spiro atoms. The molecular weight excluding hydrogens is 508 g/mol. The summed E-state index contributed by atoms with van der Waals surface area (Å²) in [6.45, 7) is 8.94. The van der Waals surface area contributed by atoms with Crippen LogP contribution in [0.25, 0.3) is 0 Å². The van der Waals surface area contributed by atoms with Gasteiger partial charge in [0, 0.05) is 18.2 Å². The van der Waals surface area contributed by atoms with Gasteiger partial charge in [-0.25, -0.2) is 9.59 Å². The molecule has 0 saturated carbocycles. The number of ether oxygens (including phenoxy) is 4. The van der Waals surface area contributed by atoms with Gasteiger partial charge < -0.3 is 29.6 Å². The fraction of sp³-hybridized carbons (Fsp3) is 0.556. The zero-order valence-electron chi connectivity index (χ0n) is 22.8. The summed E-state index contributed by atoms with van der Waals surface area (Å²) < 4.78 is 24.6. The number of carbonyl (C=O) groups is 2. The van der Waals surface area contributed by atoms with Crippen LogP contribution in [0.15, 0.2) is 46.1 Å². The molecule has 2 fully saturated rings. The average Bonchev–Trinajstić information content (AvgIpc) is 3.44. The van der Waals surface area contributed by atoms with Gasteiger partial charge in [0.15, 0.2) is 0 Å². The van der Waals surface area contributed by atoms with E-state index in [-0.39, 0.29) is 19.3 Å². The highest BCUT2D eigenvalue weighted by Crippen LogP contribution is 2.35. The second kappa shape index (κ2) is 11.7. The van der Waals surface area contributed by atoms with Crippen LogP contribution >= 0.6 is 0 Å². The summed E-state index contributed by atoms with van der Waals surface area (Å²) in [5.74, 6) is -0.486. The summed E-state index contributed by atoms with van der Waals surface area (Å²) in [5, 5.41) is 5.56. The topological polar surface area (TPSA) is 150 Å². The van der Waals surface area contributed by atoms with Crippen molar-refractivity contribution in [2.24, 2.45) is 0 Å². The van der Waals surface area contributed by atoms with Gasteiger partial charge in [0.2, 0.25) is 5.91 Å². The van der Waals surface area contributed by atoms with Gasteiger partial charge in [-0.15, -0.1) is 0 Å². The van der Waals surface area contributed by atoms with Crippen LogP contribution in [0.5, 0.6) is 0 Å². The lowest BCUT2D eigenvalue weighted by atomic mass is 10.1. The molecule has 2 aliphatic heterocycles. The van der Waals surface area contributed by atoms with Crippen LogP contribution in [0.3, 0.4) is 0 Å². The Morgan fingerprint density at radius 1 is 1.21 bits per heavy atom. The van der Waals surface area contributed by atoms with E-state index in [0.717, 1.165) is 5.56 Å². The molecule has 12 heteroatoms. The van der Waals surface area contributed by atoms with E-state index in [2.05, 4.69) is 15.6 Å². The number of benzene rings is 1. The molecule has 2 saturated heterocycles. The summed E-state index contributed by atoms with van der Waals surface area (Å²) in [6.07, 6.45) is -1.17. The van der Waals surface area contributed by atoms with E-state index in [1.54, 1.807) is 34.6 Å². The third-order valence-electron chi connectivity index (χ3n) is 6.56. The van der Waals surface area contributed by atoms with E-state index < -0.39 is 59.4 Å². The number of aromatic nitrogens is 2. The predicted molar refractivity (Wildman–Crippen MR) is 140 cm³/mol. The lowest BCUT2D eigenvalue weighted by molar-refractivity contribution is -0.129. The van der Waals surface area contributed by atoms with Crippen molar-refractivity contribution in [3.8, 4) is 0 Å². The summed E-state index contributed by atoms with van der Waals surface area (Å²) in [6, 6.07) is 7.89. The van der Waals surface area contributed by atoms with E-state index in [4.69, 9.17) is 18.9 Å². The average molecular weight is 545 g/mol. The fourth-order valence-corrected chi connectivity index (χ4v) is 4.60. The van der Waals surface area contributed by atoms with Gasteiger partial charge in [-0.1, -0.05) is 30.3 Å². The molecule has 0 radical (unpaired) electrons. The Hall–Kier alpha value is -3.48. The highest BCUT2D eigenvalue weighted by atomic mass is 16.6. The Morgan fingerprint density at radius 2 is 1.92 bits per heavy atom. The number of hydrogen-bond donors (Lipinski definition) is 3. The first-order chi connectivity index (χ1) is 18.4. The van der Waals surface area contributed by atoms with E-state index in [1.165, 1.54) is 10.8 Å². The van der Waals surface area contributed by atoms with Gasteiger partial charge in [-0.3, -0.25) is 19.1 Å². The van der Waals surface area contributed by atoms with Crippen LogP contribution in [-0.4, -0.2) is 64.2 Å². The molecule has 2 amide bonds. The van der Waals surface area contributed by atoms with Crippen LogP contribution in [0, 0.1) is 6.92 Å². The molecule has 2 aromatic rings. The summed E-state index contributed by atoms with van der Waals surface area (Å²) in [4.78, 5) is 52.4. The second-order valence-corrected chi connectivity index (χ2v) is 10.9. The number of nitrogens with one attached hydrogen (secondary N) is 3. The molecule has 0 bridgehead atoms. The van der Waals surface area contributed by atoms with E-state index in [0.29, 0.717) is 12.0 Å². The number of fused-ring (bicyclic) bond motifs is 1. The maximum absolute atomic E-state index is 13.5. The lowest BCUT2D eigenvalue weighted by Crippen LogP contribution is -2.57. The lowest BCUT2D eigenvalue weighted by Gasteiger charge is -2.28. The molecule has 1 aromatic heterocycles. The number of H-pyrrole nitrogens is 1. The van der Waals surface area contributed by atoms with Crippen molar-refractivity contribution in [3.05, 3.63) is 68.5 Å². The van der Waals surface area contributed by atoms with Crippen LogP contribution in [0.4, 0.5) is 4.79 Å². The molecule has 3 heterocycles. The summed E-state index contributed by atoms with van der Waals surface area (Å²) in [5.41, 5.74) is -0.492. The third kappa shape index (κ3) is 7.14. The second-order valence-electron chi connectivity index (χ2n) is 10.9. The van der Waals surface area contributed by atoms with Crippen molar-refractivity contribution >= 4 is 12.0 Å². The van der Waals surface area contributed by atoms with Crippen molar-refractivity contribution in [1.29, 1.82) is 0 Å². The molecule has 2 aliphatic rings. The smallest absolute Gasteiger partial charge is 0.408 e. The van der Waals surface area contributed by atoms with Crippen molar-refractivity contribution in [2.45, 2.75) is 89.9 Å². The highest BCUT2D eigenvalue weighted by Gasteiger charge is 2.48. The van der Waals surface area contributed by atoms with Gasteiger partial charge in [0.25, 0.3) is 5.56 Å². The van der Waals surface area contributed by atoms with Crippen LogP contribution in [0.2, 0.25) is 0 Å². The Morgan fingerprint density at radius 3 is 2.62 bits per heavy atom. The van der Waals surface area contributed by atoms with Crippen LogP contribution in [-0.2, 0) is 30.3 Å². The van der Waals surface area contributed by atoms with Crippen molar-refractivity contribution in [1.82, 2.24) is 20.2 Å². The van der Waals surface area contributed by atoms with Crippen molar-refractivity contribution in [3.63, 3.8) is 0 Å². The number of aromatic amines is 1. The number of aryl methyl sites for hydroxylation is 1. The molecule has 0 aliphatic carbocycles. The molecule has 1 aromatic carbocycles. The maximum atomic E-state index is 13.5. The molecule has 4 rings (SSSR count). The van der Waals surface area contributed by atoms with Gasteiger partial charge in [-0.05, 0) is 40.2 Å². The quantitative estimate of drug-likeness (QED) is 0.453. The predicted octanol–water partition coefficient (Wildman–Crippen LogP) is 1.51. The van der Waals surface area contributed by atoms with E-state index >= 15 is 0 Å². The fourth-order valence-electron chi connectivity index (χ4n) is 4.60. The van der Waals surface area contributed by atoms with Crippen LogP contribution in [0.1, 0.15) is 51.5 Å². The Balaban J connectivity index is 1.44. The number of hydrogen-bond acceptors (Lipinski definition) is 8. The van der Waals surface area contributed by atoms with E-state index in [9.17, 15) is 19.2 Å². The van der Waals surface area contributed by atoms with Crippen LogP contribution < -0.4 is 21.9 Å². The number of rotatable bonds is 8. The first-order valence-electron chi connectivity index (χ1n) is 13.0. The minimum atomic E-state index is -1.07. The minimum absolute atomic E-state index is 0.200. The molecular formula is C27H36N4O8. The normalized spacial score (nSPS) is 24.0. The standard InChI is InChI=1S/C27H36N4O8/c1-15-12-31(25(34)30-23(15)32)20-11-19-22(38-20)18(14-37-19)28-24(33)21(29-26(35)39-27(3,4)5)16(2)36-13-17-9-7-6-8-10-17/h6-10,12,16,18-22H,11,13-14H2,1-5H3,(H,28,33)(H,29,35)(H,30,32,34)/t16-,18+,19-,20-,21-,22-/m1/s1. The van der Waals surface area contributed by atoms with Gasteiger partial charge in [-0.2, -0.15) is 0 Å². The maximum Gasteiger partial charge on any atom is 0.408 e. The van der Waals surface area contributed by atoms with E-state index in [1.807, 2.05) is 30.3 Å². The number of alkyl carbamates (subject to hydrolysis) is 1. The number of amides is 2. The molecule has 6 atom stereocenters. The van der Waals surface area contributed by atoms with Crippen molar-refractivity contribution < 1.29 is 28.5 Å². The minimum Gasteiger partial charge on any atom is -0.444 e. The van der Waals surface area contributed by atoms with Gasteiger partial charge in [0.05, 0.1) is 31.5 Å². The molecule has 0 unspecified atom stereocenters. The largest absolute Gasteiger partial charge is 0.444 e. The van der Waals surface area contributed by atoms with Gasteiger partial charge in [0.1, 0.15) is 24.0 Å². The molecule has 39 heavy (non-hydrogen) atoms.